The van der Waals surface area contributed by atoms with Gasteiger partial charge >= 0.3 is 0 Å². The molecule has 1 aromatic carbocycles. The van der Waals surface area contributed by atoms with Crippen LogP contribution < -0.4 is 5.56 Å². The van der Waals surface area contributed by atoms with E-state index in [1.807, 2.05) is 30.3 Å². The number of fused-ring (bicyclic) bond motifs is 5. The molecule has 0 spiro atoms. The molecule has 26 heavy (non-hydrogen) atoms. The Morgan fingerprint density at radius 2 is 2.00 bits per heavy atom. The summed E-state index contributed by atoms with van der Waals surface area (Å²) in [5.74, 6) is -0.325. The average molecular weight is 344 g/mol. The summed E-state index contributed by atoms with van der Waals surface area (Å²) < 4.78 is 1.69. The van der Waals surface area contributed by atoms with Gasteiger partial charge < -0.3 is 9.67 Å². The molecular formula is C21H16N2O3. The fourth-order valence-corrected chi connectivity index (χ4v) is 4.10. The lowest BCUT2D eigenvalue weighted by atomic mass is 9.78. The van der Waals surface area contributed by atoms with Gasteiger partial charge in [0.1, 0.15) is 0 Å². The van der Waals surface area contributed by atoms with Gasteiger partial charge in [0.25, 0.3) is 5.56 Å². The monoisotopic (exact) mass is 344 g/mol. The van der Waals surface area contributed by atoms with Crippen LogP contribution >= 0.6 is 0 Å². The number of ketones is 1. The Morgan fingerprint density at radius 1 is 1.19 bits per heavy atom. The van der Waals surface area contributed by atoms with Crippen LogP contribution in [0.4, 0.5) is 0 Å². The summed E-state index contributed by atoms with van der Waals surface area (Å²) in [6.07, 6.45) is 1.71. The first-order valence-corrected chi connectivity index (χ1v) is 8.58. The first kappa shape index (κ1) is 15.2. The van der Waals surface area contributed by atoms with E-state index in [-0.39, 0.29) is 17.8 Å². The van der Waals surface area contributed by atoms with Crippen LogP contribution in [0.15, 0.2) is 53.8 Å². The van der Waals surface area contributed by atoms with Gasteiger partial charge in [-0.3, -0.25) is 9.59 Å². The quantitative estimate of drug-likeness (QED) is 0.538. The fraction of sp³-hybridized carbons (Fsp3) is 0.190. The van der Waals surface area contributed by atoms with Gasteiger partial charge in [-0.2, -0.15) is 0 Å². The highest BCUT2D eigenvalue weighted by atomic mass is 16.3. The lowest BCUT2D eigenvalue weighted by Crippen LogP contribution is -2.42. The van der Waals surface area contributed by atoms with E-state index in [1.54, 1.807) is 10.6 Å². The van der Waals surface area contributed by atoms with Crippen molar-refractivity contribution in [3.05, 3.63) is 76.1 Å². The van der Waals surface area contributed by atoms with Gasteiger partial charge in [0.15, 0.2) is 11.4 Å². The van der Waals surface area contributed by atoms with Crippen molar-refractivity contribution in [2.24, 2.45) is 0 Å². The van der Waals surface area contributed by atoms with E-state index >= 15 is 0 Å². The number of pyridine rings is 2. The van der Waals surface area contributed by atoms with Crippen molar-refractivity contribution in [1.29, 1.82) is 0 Å². The second kappa shape index (κ2) is 4.99. The molecule has 2 aliphatic rings. The molecule has 5 rings (SSSR count). The summed E-state index contributed by atoms with van der Waals surface area (Å²) in [6, 6.07) is 11.6. The maximum atomic E-state index is 13.1. The highest BCUT2D eigenvalue weighted by Crippen LogP contribution is 2.38. The normalized spacial score (nSPS) is 20.6. The predicted octanol–water partition coefficient (Wildman–Crippen LogP) is 2.31. The molecule has 3 heterocycles. The van der Waals surface area contributed by atoms with Crippen molar-refractivity contribution in [2.75, 3.05) is 0 Å². The van der Waals surface area contributed by atoms with E-state index in [9.17, 15) is 14.7 Å². The molecule has 1 atom stereocenters. The molecule has 3 aromatic rings. The molecule has 128 valence electrons. The highest BCUT2D eigenvalue weighted by Gasteiger charge is 2.42. The summed E-state index contributed by atoms with van der Waals surface area (Å²) in [4.78, 5) is 30.1. The van der Waals surface area contributed by atoms with Crippen molar-refractivity contribution >= 4 is 16.7 Å². The van der Waals surface area contributed by atoms with Gasteiger partial charge in [-0.25, -0.2) is 4.98 Å². The van der Waals surface area contributed by atoms with Crippen LogP contribution in [0.25, 0.3) is 22.3 Å². The van der Waals surface area contributed by atoms with E-state index in [0.29, 0.717) is 29.8 Å². The summed E-state index contributed by atoms with van der Waals surface area (Å²) in [5, 5.41) is 11.9. The van der Waals surface area contributed by atoms with Crippen molar-refractivity contribution < 1.29 is 9.90 Å². The molecule has 0 saturated carbocycles. The summed E-state index contributed by atoms with van der Waals surface area (Å²) in [5.41, 5.74) is 2.07. The van der Waals surface area contributed by atoms with Gasteiger partial charge in [-0.1, -0.05) is 24.8 Å². The standard InChI is InChI=1S/C21H16N2O3/c1-2-21(26)15-10-17-19-13(9-12-5-3-4-6-16(12)22-19)11-23(17)20(25)14(15)7-8-18(21)24/h2-6,9-10,26H,1,7-8,11H2/t21-/m0/s1. The number of carbonyl (C=O) groups excluding carboxylic acids is 1. The minimum Gasteiger partial charge on any atom is -0.374 e. The Hall–Kier alpha value is -3.05. The number of rotatable bonds is 1. The zero-order chi connectivity index (χ0) is 18.1. The van der Waals surface area contributed by atoms with E-state index in [4.69, 9.17) is 4.98 Å². The Bertz CT molecular complexity index is 1190. The molecule has 2 aromatic heterocycles. The Labute approximate surface area is 149 Å². The summed E-state index contributed by atoms with van der Waals surface area (Å²) in [7, 11) is 0. The van der Waals surface area contributed by atoms with Crippen LogP contribution in [0.2, 0.25) is 0 Å². The SMILES string of the molecule is C=C[C@@]1(O)C(=O)CCc2c1cc1n(c2=O)Cc2cc3ccccc3nc2-1. The van der Waals surface area contributed by atoms with E-state index in [0.717, 1.165) is 22.2 Å². The van der Waals surface area contributed by atoms with E-state index in [1.165, 1.54) is 6.08 Å². The molecule has 0 unspecified atom stereocenters. The number of hydrogen-bond donors (Lipinski definition) is 1. The zero-order valence-electron chi connectivity index (χ0n) is 14.0. The lowest BCUT2D eigenvalue weighted by Gasteiger charge is -2.30. The molecule has 1 aliphatic heterocycles. The Balaban J connectivity index is 1.83. The molecule has 0 radical (unpaired) electrons. The number of Topliss-reactive ketones (excluding diaryl/α,β-unsaturated/α-hetero) is 1. The van der Waals surface area contributed by atoms with E-state index < -0.39 is 5.60 Å². The number of nitrogens with zero attached hydrogens (tertiary/aromatic N) is 2. The van der Waals surface area contributed by atoms with Crippen molar-refractivity contribution in [3.63, 3.8) is 0 Å². The summed E-state index contributed by atoms with van der Waals surface area (Å²) in [6.45, 7) is 4.07. The molecule has 5 heteroatoms. The zero-order valence-corrected chi connectivity index (χ0v) is 14.0. The number of aromatic nitrogens is 2. The van der Waals surface area contributed by atoms with E-state index in [2.05, 4.69) is 6.58 Å². The maximum Gasteiger partial charge on any atom is 0.255 e. The van der Waals surface area contributed by atoms with Gasteiger partial charge in [0, 0.05) is 28.5 Å². The molecular weight excluding hydrogens is 328 g/mol. The third-order valence-electron chi connectivity index (χ3n) is 5.51. The third kappa shape index (κ3) is 1.81. The van der Waals surface area contributed by atoms with Crippen LogP contribution in [0, 0.1) is 0 Å². The van der Waals surface area contributed by atoms with Crippen LogP contribution in [0.5, 0.6) is 0 Å². The maximum absolute atomic E-state index is 13.1. The average Bonchev–Trinajstić information content (AvgIpc) is 3.01. The number of para-hydroxylation sites is 1. The van der Waals surface area contributed by atoms with Gasteiger partial charge in [0.05, 0.1) is 23.4 Å². The van der Waals surface area contributed by atoms with Crippen LogP contribution in [-0.4, -0.2) is 20.4 Å². The second-order valence-corrected chi connectivity index (χ2v) is 6.90. The second-order valence-electron chi connectivity index (χ2n) is 6.90. The Morgan fingerprint density at radius 3 is 2.81 bits per heavy atom. The number of benzene rings is 1. The molecule has 1 aliphatic carbocycles. The molecule has 1 N–H and O–H groups in total. The third-order valence-corrected chi connectivity index (χ3v) is 5.51. The van der Waals surface area contributed by atoms with Gasteiger partial charge in [-0.05, 0) is 30.7 Å². The molecule has 0 fully saturated rings. The lowest BCUT2D eigenvalue weighted by molar-refractivity contribution is -0.134. The van der Waals surface area contributed by atoms with Crippen LogP contribution in [0.1, 0.15) is 23.1 Å². The van der Waals surface area contributed by atoms with Crippen LogP contribution in [-0.2, 0) is 23.4 Å². The van der Waals surface area contributed by atoms with Crippen molar-refractivity contribution in [3.8, 4) is 11.4 Å². The number of carbonyl (C=O) groups is 1. The predicted molar refractivity (Wildman–Crippen MR) is 98.0 cm³/mol. The van der Waals surface area contributed by atoms with Gasteiger partial charge in [-0.15, -0.1) is 0 Å². The smallest absolute Gasteiger partial charge is 0.255 e. The first-order chi connectivity index (χ1) is 12.5. The minimum absolute atomic E-state index is 0.138. The highest BCUT2D eigenvalue weighted by molar-refractivity contribution is 5.93. The number of aliphatic hydroxyl groups is 1. The fourth-order valence-electron chi connectivity index (χ4n) is 4.10. The minimum atomic E-state index is -1.80. The van der Waals surface area contributed by atoms with Gasteiger partial charge in [0.2, 0.25) is 0 Å². The molecule has 0 bridgehead atoms. The van der Waals surface area contributed by atoms with Crippen LogP contribution in [0.3, 0.4) is 0 Å². The largest absolute Gasteiger partial charge is 0.374 e. The van der Waals surface area contributed by atoms with Crippen molar-refractivity contribution in [2.45, 2.75) is 25.0 Å². The Kier molecular flexibility index (Phi) is 2.92. The molecule has 5 nitrogen and oxygen atoms in total. The topological polar surface area (TPSA) is 72.2 Å². The first-order valence-electron chi connectivity index (χ1n) is 8.58. The molecule has 0 amide bonds. The molecule has 0 saturated heterocycles. The van der Waals surface area contributed by atoms with Crippen molar-refractivity contribution in [1.82, 2.24) is 9.55 Å². The number of hydrogen-bond acceptors (Lipinski definition) is 4. The summed E-state index contributed by atoms with van der Waals surface area (Å²) >= 11 is 0.